The third-order valence-electron chi connectivity index (χ3n) is 3.31. The third-order valence-corrected chi connectivity index (χ3v) is 4.30. The minimum atomic E-state index is -0.594. The summed E-state index contributed by atoms with van der Waals surface area (Å²) in [6.07, 6.45) is 0.733. The number of aryl methyl sites for hydroxylation is 2. The fourth-order valence-corrected chi connectivity index (χ4v) is 2.81. The first-order valence-corrected chi connectivity index (χ1v) is 8.20. The minimum absolute atomic E-state index is 0.183. The maximum Gasteiger partial charge on any atom is 0.282 e. The quantitative estimate of drug-likeness (QED) is 0.786. The largest absolute Gasteiger partial charge is 0.295 e. The Morgan fingerprint density at radius 2 is 2.00 bits per heavy atom. The minimum Gasteiger partial charge on any atom is -0.295 e. The molecule has 0 unspecified atom stereocenters. The van der Waals surface area contributed by atoms with Gasteiger partial charge in [-0.15, -0.1) is 10.2 Å². The summed E-state index contributed by atoms with van der Waals surface area (Å²) in [4.78, 5) is 24.5. The van der Waals surface area contributed by atoms with Gasteiger partial charge in [0.05, 0.1) is 5.69 Å². The van der Waals surface area contributed by atoms with Crippen molar-refractivity contribution < 1.29 is 4.79 Å². The average molecular weight is 341 g/mol. The Bertz CT molecular complexity index is 933. The average Bonchev–Trinajstić information content (AvgIpc) is 3.03. The van der Waals surface area contributed by atoms with Crippen LogP contribution >= 0.6 is 11.3 Å². The van der Waals surface area contributed by atoms with Gasteiger partial charge in [-0.2, -0.15) is 5.10 Å². The molecule has 7 nitrogen and oxygen atoms in total. The van der Waals surface area contributed by atoms with Crippen molar-refractivity contribution in [2.75, 3.05) is 5.32 Å². The Morgan fingerprint density at radius 3 is 2.67 bits per heavy atom. The van der Waals surface area contributed by atoms with Crippen LogP contribution < -0.4 is 10.7 Å². The highest BCUT2D eigenvalue weighted by molar-refractivity contribution is 7.15. The highest BCUT2D eigenvalue weighted by atomic mass is 32.1. The monoisotopic (exact) mass is 341 g/mol. The van der Waals surface area contributed by atoms with Crippen LogP contribution in [0.5, 0.6) is 0 Å². The van der Waals surface area contributed by atoms with Crippen LogP contribution in [0.25, 0.3) is 5.69 Å². The fourth-order valence-electron chi connectivity index (χ4n) is 2.14. The van der Waals surface area contributed by atoms with E-state index in [1.54, 1.807) is 11.6 Å². The molecular formula is C16H15N5O2S. The highest BCUT2D eigenvalue weighted by Crippen LogP contribution is 2.16. The lowest BCUT2D eigenvalue weighted by Crippen LogP contribution is -2.26. The van der Waals surface area contributed by atoms with Crippen molar-refractivity contribution in [2.45, 2.75) is 20.3 Å². The molecule has 1 N–H and O–H groups in total. The molecule has 0 saturated carbocycles. The molecule has 3 rings (SSSR count). The molecule has 24 heavy (non-hydrogen) atoms. The summed E-state index contributed by atoms with van der Waals surface area (Å²) in [6, 6.07) is 10.7. The summed E-state index contributed by atoms with van der Waals surface area (Å²) in [5.74, 6) is -0.594. The van der Waals surface area contributed by atoms with Gasteiger partial charge in [-0.3, -0.25) is 14.9 Å². The summed E-state index contributed by atoms with van der Waals surface area (Å²) in [7, 11) is 0. The first-order chi connectivity index (χ1) is 11.6. The number of carbonyl (C=O) groups is 1. The summed E-state index contributed by atoms with van der Waals surface area (Å²) in [5.41, 5.74) is 0.801. The lowest BCUT2D eigenvalue weighted by molar-refractivity contribution is 0.101. The first kappa shape index (κ1) is 16.0. The molecule has 122 valence electrons. The molecule has 0 bridgehead atoms. The van der Waals surface area contributed by atoms with Crippen molar-refractivity contribution in [1.82, 2.24) is 20.0 Å². The summed E-state index contributed by atoms with van der Waals surface area (Å²) in [5, 5.41) is 15.8. The van der Waals surface area contributed by atoms with Crippen molar-refractivity contribution in [2.24, 2.45) is 0 Å². The van der Waals surface area contributed by atoms with E-state index < -0.39 is 11.3 Å². The van der Waals surface area contributed by atoms with Gasteiger partial charge in [0, 0.05) is 11.8 Å². The number of para-hydroxylation sites is 1. The smallest absolute Gasteiger partial charge is 0.282 e. The van der Waals surface area contributed by atoms with Crippen LogP contribution in [0, 0.1) is 6.92 Å². The number of hydrogen-bond acceptors (Lipinski definition) is 6. The van der Waals surface area contributed by atoms with Crippen molar-refractivity contribution in [3.05, 3.63) is 63.0 Å². The van der Waals surface area contributed by atoms with Crippen LogP contribution in [0.4, 0.5) is 5.13 Å². The summed E-state index contributed by atoms with van der Waals surface area (Å²) in [6.45, 7) is 3.72. The topological polar surface area (TPSA) is 89.8 Å². The van der Waals surface area contributed by atoms with E-state index in [0.717, 1.165) is 17.1 Å². The number of carbonyl (C=O) groups excluding carboxylic acids is 1. The molecule has 1 amide bonds. The molecule has 0 aliphatic heterocycles. The molecule has 0 aliphatic carbocycles. The maximum atomic E-state index is 12.4. The van der Waals surface area contributed by atoms with E-state index in [2.05, 4.69) is 20.6 Å². The Hall–Kier alpha value is -2.87. The Kier molecular flexibility index (Phi) is 4.48. The highest BCUT2D eigenvalue weighted by Gasteiger charge is 2.17. The van der Waals surface area contributed by atoms with Gasteiger partial charge in [0.25, 0.3) is 5.91 Å². The Morgan fingerprint density at radius 1 is 1.25 bits per heavy atom. The van der Waals surface area contributed by atoms with Crippen LogP contribution in [0.15, 0.2) is 41.2 Å². The lowest BCUT2D eigenvalue weighted by atomic mass is 10.3. The maximum absolute atomic E-state index is 12.4. The van der Waals surface area contributed by atoms with Gasteiger partial charge in [-0.05, 0) is 25.5 Å². The van der Waals surface area contributed by atoms with E-state index in [1.807, 2.05) is 37.3 Å². The number of aromatic nitrogens is 4. The van der Waals surface area contributed by atoms with Crippen molar-refractivity contribution in [3.63, 3.8) is 0 Å². The molecule has 1 aromatic carbocycles. The zero-order valence-corrected chi connectivity index (χ0v) is 14.0. The second-order valence-electron chi connectivity index (χ2n) is 5.05. The molecule has 0 fully saturated rings. The van der Waals surface area contributed by atoms with Crippen molar-refractivity contribution in [1.29, 1.82) is 0 Å². The normalized spacial score (nSPS) is 10.6. The first-order valence-electron chi connectivity index (χ1n) is 7.38. The SMILES string of the molecule is CCc1nnc(NC(=O)c2nn(-c3ccccc3)c(C)cc2=O)s1. The number of hydrogen-bond donors (Lipinski definition) is 1. The van der Waals surface area contributed by atoms with Gasteiger partial charge in [0.2, 0.25) is 10.6 Å². The molecule has 8 heteroatoms. The Balaban J connectivity index is 1.95. The van der Waals surface area contributed by atoms with Crippen molar-refractivity contribution >= 4 is 22.4 Å². The fraction of sp³-hybridized carbons (Fsp3) is 0.188. The van der Waals surface area contributed by atoms with E-state index in [0.29, 0.717) is 10.8 Å². The van der Waals surface area contributed by atoms with Gasteiger partial charge in [0.1, 0.15) is 5.01 Å². The molecule has 0 atom stereocenters. The van der Waals surface area contributed by atoms with Gasteiger partial charge in [-0.1, -0.05) is 36.5 Å². The number of anilines is 1. The third kappa shape index (κ3) is 3.23. The zero-order valence-electron chi connectivity index (χ0n) is 13.2. The van der Waals surface area contributed by atoms with Gasteiger partial charge in [-0.25, -0.2) is 4.68 Å². The standard InChI is InChI=1S/C16H15N5O2S/c1-3-13-18-19-16(24-13)17-15(23)14-12(22)9-10(2)21(20-14)11-7-5-4-6-8-11/h4-9H,3H2,1-2H3,(H,17,19,23). The molecule has 0 aliphatic rings. The van der Waals surface area contributed by atoms with Crippen LogP contribution in [0.1, 0.15) is 28.1 Å². The molecule has 0 saturated heterocycles. The van der Waals surface area contributed by atoms with E-state index in [-0.39, 0.29) is 5.69 Å². The van der Waals surface area contributed by atoms with E-state index in [4.69, 9.17) is 0 Å². The molecule has 3 aromatic rings. The Labute approximate surface area is 142 Å². The van der Waals surface area contributed by atoms with E-state index in [1.165, 1.54) is 17.4 Å². The molecule has 2 aromatic heterocycles. The van der Waals surface area contributed by atoms with E-state index >= 15 is 0 Å². The van der Waals surface area contributed by atoms with Crippen LogP contribution in [0.2, 0.25) is 0 Å². The summed E-state index contributed by atoms with van der Waals surface area (Å²) < 4.78 is 1.56. The number of nitrogens with zero attached hydrogens (tertiary/aromatic N) is 4. The van der Waals surface area contributed by atoms with Crippen LogP contribution in [-0.2, 0) is 6.42 Å². The van der Waals surface area contributed by atoms with Crippen LogP contribution in [0.3, 0.4) is 0 Å². The molecule has 0 spiro atoms. The molecule has 2 heterocycles. The predicted octanol–water partition coefficient (Wildman–Crippen LogP) is 2.21. The lowest BCUT2D eigenvalue weighted by Gasteiger charge is -2.10. The number of benzene rings is 1. The molecule has 0 radical (unpaired) electrons. The zero-order chi connectivity index (χ0) is 17.1. The van der Waals surface area contributed by atoms with Crippen LogP contribution in [-0.4, -0.2) is 25.9 Å². The van der Waals surface area contributed by atoms with Gasteiger partial charge >= 0.3 is 0 Å². The van der Waals surface area contributed by atoms with Gasteiger partial charge in [0.15, 0.2) is 5.69 Å². The molecular weight excluding hydrogens is 326 g/mol. The number of amides is 1. The number of nitrogens with one attached hydrogen (secondary N) is 1. The van der Waals surface area contributed by atoms with Gasteiger partial charge < -0.3 is 0 Å². The second-order valence-corrected chi connectivity index (χ2v) is 6.12. The predicted molar refractivity (Wildman–Crippen MR) is 91.8 cm³/mol. The van der Waals surface area contributed by atoms with E-state index in [9.17, 15) is 9.59 Å². The number of rotatable bonds is 4. The van der Waals surface area contributed by atoms with Crippen molar-refractivity contribution in [3.8, 4) is 5.69 Å². The summed E-state index contributed by atoms with van der Waals surface area (Å²) >= 11 is 1.27. The second kappa shape index (κ2) is 6.71.